The van der Waals surface area contributed by atoms with Gasteiger partial charge in [0.15, 0.2) is 11.5 Å². The van der Waals surface area contributed by atoms with E-state index >= 15 is 0 Å². The minimum Gasteiger partial charge on any atom is -0.493 e. The van der Waals surface area contributed by atoms with Crippen LogP contribution in [-0.4, -0.2) is 28.8 Å². The number of nitrogens with zero attached hydrogens (tertiary/aromatic N) is 3. The van der Waals surface area contributed by atoms with Crippen LogP contribution in [0.4, 0.5) is 0 Å². The van der Waals surface area contributed by atoms with Crippen LogP contribution in [-0.2, 0) is 6.42 Å². The standard InChI is InChI=1S/C19H21N3O3/c1-12-6-5-7-14(21-12)8-13(2)22-11-20-16-10-18(25-4)17(24-3)9-15(16)19(22)23/h5-7,9-11,13H,8H2,1-4H3/t13-/m1/s1. The monoisotopic (exact) mass is 339 g/mol. The number of aromatic nitrogens is 3. The van der Waals surface area contributed by atoms with Gasteiger partial charge in [0.05, 0.1) is 31.4 Å². The molecule has 0 amide bonds. The molecule has 0 N–H and O–H groups in total. The van der Waals surface area contributed by atoms with Crippen LogP contribution in [0.15, 0.2) is 41.5 Å². The average molecular weight is 339 g/mol. The molecule has 0 aliphatic carbocycles. The van der Waals surface area contributed by atoms with E-state index in [0.29, 0.717) is 28.8 Å². The first-order chi connectivity index (χ1) is 12.0. The molecule has 0 radical (unpaired) electrons. The fourth-order valence-electron chi connectivity index (χ4n) is 2.89. The molecule has 130 valence electrons. The van der Waals surface area contributed by atoms with Gasteiger partial charge in [-0.25, -0.2) is 4.98 Å². The fraction of sp³-hybridized carbons (Fsp3) is 0.316. The molecule has 0 spiro atoms. The largest absolute Gasteiger partial charge is 0.493 e. The van der Waals surface area contributed by atoms with E-state index in [1.54, 1.807) is 37.2 Å². The lowest BCUT2D eigenvalue weighted by Gasteiger charge is -2.16. The lowest BCUT2D eigenvalue weighted by atomic mass is 10.1. The van der Waals surface area contributed by atoms with Crippen LogP contribution in [0.5, 0.6) is 11.5 Å². The third-order valence-electron chi connectivity index (χ3n) is 4.21. The maximum atomic E-state index is 12.9. The fourth-order valence-corrected chi connectivity index (χ4v) is 2.89. The molecule has 0 saturated heterocycles. The Bertz CT molecular complexity index is 966. The molecule has 0 aliphatic rings. The van der Waals surface area contributed by atoms with Gasteiger partial charge in [-0.3, -0.25) is 14.3 Å². The van der Waals surface area contributed by atoms with Crippen molar-refractivity contribution in [2.24, 2.45) is 0 Å². The highest BCUT2D eigenvalue weighted by atomic mass is 16.5. The Balaban J connectivity index is 2.02. The van der Waals surface area contributed by atoms with Crippen LogP contribution in [0.3, 0.4) is 0 Å². The SMILES string of the molecule is COc1cc2ncn([C@H](C)Cc3cccc(C)n3)c(=O)c2cc1OC. The van der Waals surface area contributed by atoms with Crippen molar-refractivity contribution in [1.29, 1.82) is 0 Å². The first-order valence-corrected chi connectivity index (χ1v) is 8.09. The summed E-state index contributed by atoms with van der Waals surface area (Å²) in [5.41, 5.74) is 2.39. The van der Waals surface area contributed by atoms with Gasteiger partial charge in [-0.05, 0) is 32.0 Å². The van der Waals surface area contributed by atoms with Crippen LogP contribution >= 0.6 is 0 Å². The van der Waals surface area contributed by atoms with Gasteiger partial charge in [0.1, 0.15) is 0 Å². The first-order valence-electron chi connectivity index (χ1n) is 8.09. The third-order valence-corrected chi connectivity index (χ3v) is 4.21. The molecule has 3 aromatic rings. The lowest BCUT2D eigenvalue weighted by molar-refractivity contribution is 0.355. The minimum absolute atomic E-state index is 0.0632. The lowest BCUT2D eigenvalue weighted by Crippen LogP contribution is -2.25. The summed E-state index contributed by atoms with van der Waals surface area (Å²) in [7, 11) is 3.10. The molecule has 0 saturated carbocycles. The molecule has 0 aliphatic heterocycles. The molecule has 6 heteroatoms. The maximum absolute atomic E-state index is 12.9. The zero-order valence-electron chi connectivity index (χ0n) is 14.8. The molecule has 25 heavy (non-hydrogen) atoms. The van der Waals surface area contributed by atoms with Gasteiger partial charge in [0.2, 0.25) is 0 Å². The van der Waals surface area contributed by atoms with E-state index in [2.05, 4.69) is 9.97 Å². The van der Waals surface area contributed by atoms with Crippen molar-refractivity contribution in [3.63, 3.8) is 0 Å². The Hall–Kier alpha value is -2.89. The highest BCUT2D eigenvalue weighted by Crippen LogP contribution is 2.30. The molecule has 1 aromatic carbocycles. The van der Waals surface area contributed by atoms with E-state index in [1.807, 2.05) is 32.0 Å². The van der Waals surface area contributed by atoms with Gasteiger partial charge in [0, 0.05) is 29.9 Å². The van der Waals surface area contributed by atoms with Gasteiger partial charge in [-0.1, -0.05) is 6.07 Å². The summed E-state index contributed by atoms with van der Waals surface area (Å²) < 4.78 is 12.2. The van der Waals surface area contributed by atoms with Gasteiger partial charge >= 0.3 is 0 Å². The van der Waals surface area contributed by atoms with Crippen LogP contribution in [0.2, 0.25) is 0 Å². The highest BCUT2D eigenvalue weighted by Gasteiger charge is 2.14. The summed E-state index contributed by atoms with van der Waals surface area (Å²) >= 11 is 0. The smallest absolute Gasteiger partial charge is 0.261 e. The summed E-state index contributed by atoms with van der Waals surface area (Å²) in [6.07, 6.45) is 2.24. The van der Waals surface area contributed by atoms with E-state index < -0.39 is 0 Å². The molecule has 2 heterocycles. The molecule has 6 nitrogen and oxygen atoms in total. The van der Waals surface area contributed by atoms with Crippen molar-refractivity contribution in [2.75, 3.05) is 14.2 Å². The molecular formula is C19H21N3O3. The van der Waals surface area contributed by atoms with Crippen LogP contribution in [0.25, 0.3) is 10.9 Å². The van der Waals surface area contributed by atoms with Crippen molar-refractivity contribution in [1.82, 2.24) is 14.5 Å². The second kappa shape index (κ2) is 6.93. The van der Waals surface area contributed by atoms with E-state index in [4.69, 9.17) is 9.47 Å². The number of hydrogen-bond donors (Lipinski definition) is 0. The molecule has 0 bridgehead atoms. The summed E-state index contributed by atoms with van der Waals surface area (Å²) in [4.78, 5) is 21.8. The first kappa shape index (κ1) is 17.0. The predicted molar refractivity (Wildman–Crippen MR) is 96.5 cm³/mol. The molecule has 2 aromatic heterocycles. The van der Waals surface area contributed by atoms with Gasteiger partial charge in [-0.15, -0.1) is 0 Å². The molecular weight excluding hydrogens is 318 g/mol. The van der Waals surface area contributed by atoms with Gasteiger partial charge in [0.25, 0.3) is 5.56 Å². The number of pyridine rings is 1. The van der Waals surface area contributed by atoms with Crippen LogP contribution in [0.1, 0.15) is 24.4 Å². The van der Waals surface area contributed by atoms with Crippen LogP contribution < -0.4 is 15.0 Å². The molecule has 1 atom stereocenters. The second-order valence-corrected chi connectivity index (χ2v) is 6.00. The Morgan fingerprint density at radius 2 is 1.88 bits per heavy atom. The number of rotatable bonds is 5. The topological polar surface area (TPSA) is 66.2 Å². The van der Waals surface area contributed by atoms with Crippen molar-refractivity contribution in [3.8, 4) is 11.5 Å². The zero-order chi connectivity index (χ0) is 18.0. The van der Waals surface area contributed by atoms with E-state index in [0.717, 1.165) is 11.4 Å². The van der Waals surface area contributed by atoms with E-state index in [-0.39, 0.29) is 11.6 Å². The predicted octanol–water partition coefficient (Wildman–Crippen LogP) is 2.92. The second-order valence-electron chi connectivity index (χ2n) is 6.00. The summed E-state index contributed by atoms with van der Waals surface area (Å²) in [6, 6.07) is 9.23. The number of methoxy groups -OCH3 is 2. The Morgan fingerprint density at radius 3 is 2.56 bits per heavy atom. The number of hydrogen-bond acceptors (Lipinski definition) is 5. The van der Waals surface area contributed by atoms with E-state index in [1.165, 1.54) is 0 Å². The number of aryl methyl sites for hydroxylation is 1. The van der Waals surface area contributed by atoms with Crippen molar-refractivity contribution < 1.29 is 9.47 Å². The number of benzene rings is 1. The highest BCUT2D eigenvalue weighted by molar-refractivity contribution is 5.81. The Labute approximate surface area is 146 Å². The summed E-state index contributed by atoms with van der Waals surface area (Å²) in [5, 5.41) is 0.504. The molecule has 0 unspecified atom stereocenters. The minimum atomic E-state index is -0.105. The van der Waals surface area contributed by atoms with E-state index in [9.17, 15) is 4.79 Å². The normalized spacial score (nSPS) is 12.2. The quantitative estimate of drug-likeness (QED) is 0.715. The number of fused-ring (bicyclic) bond motifs is 1. The van der Waals surface area contributed by atoms with Crippen molar-refractivity contribution in [3.05, 3.63) is 58.4 Å². The zero-order valence-corrected chi connectivity index (χ0v) is 14.8. The van der Waals surface area contributed by atoms with Crippen molar-refractivity contribution in [2.45, 2.75) is 26.3 Å². The van der Waals surface area contributed by atoms with Crippen LogP contribution in [0, 0.1) is 6.92 Å². The third kappa shape index (κ3) is 3.33. The molecule has 0 fully saturated rings. The van der Waals surface area contributed by atoms with Gasteiger partial charge in [-0.2, -0.15) is 0 Å². The summed E-state index contributed by atoms with van der Waals surface area (Å²) in [5.74, 6) is 1.07. The Morgan fingerprint density at radius 1 is 1.16 bits per heavy atom. The van der Waals surface area contributed by atoms with Crippen molar-refractivity contribution >= 4 is 10.9 Å². The molecule has 3 rings (SSSR count). The maximum Gasteiger partial charge on any atom is 0.261 e. The number of ether oxygens (including phenoxy) is 2. The Kier molecular flexibility index (Phi) is 4.70. The summed E-state index contributed by atoms with van der Waals surface area (Å²) in [6.45, 7) is 3.94. The van der Waals surface area contributed by atoms with Gasteiger partial charge < -0.3 is 9.47 Å². The average Bonchev–Trinajstić information content (AvgIpc) is 2.61.